The van der Waals surface area contributed by atoms with Gasteiger partial charge >= 0.3 is 12.1 Å². The Balaban J connectivity index is 1.20. The summed E-state index contributed by atoms with van der Waals surface area (Å²) in [6.45, 7) is 20.0. The summed E-state index contributed by atoms with van der Waals surface area (Å²) in [5.41, 5.74) is -0.420. The Bertz CT molecular complexity index is 2200. The second-order valence-corrected chi connectivity index (χ2v) is 20.8. The van der Waals surface area contributed by atoms with Gasteiger partial charge in [0.2, 0.25) is 11.8 Å². The first-order valence-electron chi connectivity index (χ1n) is 23.0. The number of hydrogen-bond acceptors (Lipinski definition) is 14. The normalized spacial score (nSPS) is 26.2. The maximum Gasteiger partial charge on any atom is 0.408 e. The minimum Gasteiger partial charge on any atom is -0.491 e. The molecule has 0 spiro atoms. The fourth-order valence-electron chi connectivity index (χ4n) is 9.28. The maximum absolute atomic E-state index is 14.9. The molecule has 1 aromatic carbocycles. The number of likely N-dealkylation sites (tertiary alicyclic amines) is 1. The summed E-state index contributed by atoms with van der Waals surface area (Å²) >= 11 is 8.59. The lowest BCUT2D eigenvalue weighted by Gasteiger charge is -2.35. The molecule has 4 heterocycles. The van der Waals surface area contributed by atoms with E-state index in [-0.39, 0.29) is 31.0 Å². The van der Waals surface area contributed by atoms with Gasteiger partial charge < -0.3 is 44.5 Å². The average molecular weight is 941 g/mol. The number of carbonyl (C=O) groups is 4. The molecule has 16 nitrogen and oxygen atoms in total. The van der Waals surface area contributed by atoms with Gasteiger partial charge in [-0.3, -0.25) is 14.5 Å². The van der Waals surface area contributed by atoms with Gasteiger partial charge in [-0.1, -0.05) is 59.6 Å². The molecule has 3 N–H and O–H groups in total. The topological polar surface area (TPSA) is 183 Å². The second-order valence-electron chi connectivity index (χ2n) is 19.6. The van der Waals surface area contributed by atoms with Crippen molar-refractivity contribution in [3.63, 3.8) is 0 Å². The Morgan fingerprint density at radius 2 is 1.74 bits per heavy atom. The Morgan fingerprint density at radius 1 is 1.02 bits per heavy atom. The minimum absolute atomic E-state index is 0.00487. The second kappa shape index (κ2) is 20.2. The van der Waals surface area contributed by atoms with Crippen molar-refractivity contribution in [2.75, 3.05) is 58.4 Å². The van der Waals surface area contributed by atoms with E-state index in [1.165, 1.54) is 23.3 Å². The van der Waals surface area contributed by atoms with Gasteiger partial charge in [-0.15, -0.1) is 11.3 Å². The molecule has 2 aromatic heterocycles. The Labute approximate surface area is 391 Å². The fraction of sp³-hybridized carbons (Fsp3) is 0.660. The predicted molar refractivity (Wildman–Crippen MR) is 249 cm³/mol. The number of benzene rings is 1. The van der Waals surface area contributed by atoms with Crippen LogP contribution in [0.5, 0.6) is 11.5 Å². The van der Waals surface area contributed by atoms with E-state index in [0.29, 0.717) is 89.9 Å². The average Bonchev–Trinajstić information content (AvgIpc) is 3.50. The lowest BCUT2D eigenvalue weighted by atomic mass is 9.85. The van der Waals surface area contributed by atoms with E-state index in [2.05, 4.69) is 34.7 Å². The summed E-state index contributed by atoms with van der Waals surface area (Å²) in [7, 11) is 1.30. The zero-order chi connectivity index (χ0) is 46.8. The van der Waals surface area contributed by atoms with Crippen molar-refractivity contribution < 1.29 is 42.9 Å². The lowest BCUT2D eigenvalue weighted by Crippen LogP contribution is -2.59. The van der Waals surface area contributed by atoms with Crippen molar-refractivity contribution in [3.05, 3.63) is 28.6 Å². The van der Waals surface area contributed by atoms with Crippen molar-refractivity contribution in [2.45, 2.75) is 123 Å². The SMILES string of the molecule is CC[C@@H]1C[C@]1(NC(=O)[C@@H]1C[C@@H](Oc2cc(-c3csc(NC(C)C)n3)nc3c(Cl)c(OCCN4CCOCC4)ccc23)CN1C(=O)[C@@H](NC(=O)O[C@H]1C[C@@H](C)[C@@H](C)C1)C(C)(C)C)C(=O)OC. The van der Waals surface area contributed by atoms with Gasteiger partial charge in [0, 0.05) is 48.9 Å². The largest absolute Gasteiger partial charge is 0.491 e. The molecule has 0 radical (unpaired) electrons. The molecule has 0 bridgehead atoms. The molecule has 65 heavy (non-hydrogen) atoms. The number of alkyl carbamates (subject to hydrolysis) is 1. The van der Waals surface area contributed by atoms with Gasteiger partial charge in [0.05, 0.1) is 38.1 Å². The molecule has 3 amide bonds. The molecule has 0 unspecified atom stereocenters. The van der Waals surface area contributed by atoms with E-state index in [1.807, 2.05) is 53.0 Å². The van der Waals surface area contributed by atoms with Gasteiger partial charge in [0.25, 0.3) is 0 Å². The number of anilines is 1. The first-order valence-corrected chi connectivity index (χ1v) is 24.3. The van der Waals surface area contributed by atoms with Crippen molar-refractivity contribution in [3.8, 4) is 22.9 Å². The number of carbonyl (C=O) groups excluding carboxylic acids is 4. The fourth-order valence-corrected chi connectivity index (χ4v) is 10.4. The van der Waals surface area contributed by atoms with Crippen LogP contribution in [0.25, 0.3) is 22.3 Å². The number of rotatable bonds is 16. The summed E-state index contributed by atoms with van der Waals surface area (Å²) in [6, 6.07) is 3.49. The molecule has 18 heteroatoms. The van der Waals surface area contributed by atoms with E-state index in [0.717, 1.165) is 31.1 Å². The number of methoxy groups -OCH3 is 1. The van der Waals surface area contributed by atoms with E-state index in [4.69, 9.17) is 45.3 Å². The van der Waals surface area contributed by atoms with Crippen LogP contribution in [-0.2, 0) is 28.6 Å². The number of esters is 1. The Morgan fingerprint density at radius 3 is 2.38 bits per heavy atom. The molecule has 4 fully saturated rings. The van der Waals surface area contributed by atoms with Crippen molar-refractivity contribution >= 4 is 62.8 Å². The highest BCUT2D eigenvalue weighted by Gasteiger charge is 2.62. The molecule has 2 saturated carbocycles. The quantitative estimate of drug-likeness (QED) is 0.126. The molecule has 2 aliphatic carbocycles. The molecule has 4 aliphatic rings. The van der Waals surface area contributed by atoms with Gasteiger partial charge in [-0.2, -0.15) is 0 Å². The molecule has 2 saturated heterocycles. The number of nitrogens with zero attached hydrogens (tertiary/aromatic N) is 4. The molecular weight excluding hydrogens is 874 g/mol. The van der Waals surface area contributed by atoms with Crippen LogP contribution < -0.4 is 25.4 Å². The first-order chi connectivity index (χ1) is 30.9. The highest BCUT2D eigenvalue weighted by molar-refractivity contribution is 7.14. The summed E-state index contributed by atoms with van der Waals surface area (Å²) < 4.78 is 29.6. The number of morpholine rings is 1. The third-order valence-corrected chi connectivity index (χ3v) is 14.5. The summed E-state index contributed by atoms with van der Waals surface area (Å²) in [6.07, 6.45) is 0.997. The van der Waals surface area contributed by atoms with Crippen molar-refractivity contribution in [2.24, 2.45) is 23.2 Å². The standard InChI is InChI=1S/C47H66ClN7O9S/c1-10-29-23-47(29,43(58)60-9)53-41(56)35-21-31(24-55(35)42(57)40(46(6,7)8)52-45(59)64-30-19-27(4)28(5)20-30)63-37-22-33(34-25-65-44(51-34)49-26(2)3)50-39-32(37)11-12-36(38(39)48)62-18-15-54-13-16-61-17-14-54/h11-12,22,25-31,35,40H,10,13-21,23-24H2,1-9H3,(H,49,51)(H,52,59)(H,53,56)/t27-,28+,29-,30+,31-,35+,40-,47-/m1/s1. The summed E-state index contributed by atoms with van der Waals surface area (Å²) in [5, 5.41) is 12.8. The number of ether oxygens (including phenoxy) is 5. The summed E-state index contributed by atoms with van der Waals surface area (Å²) in [4.78, 5) is 69.7. The lowest BCUT2D eigenvalue weighted by molar-refractivity contribution is -0.148. The predicted octanol–water partition coefficient (Wildman–Crippen LogP) is 6.92. The van der Waals surface area contributed by atoms with Gasteiger partial charge in [-0.25, -0.2) is 19.6 Å². The van der Waals surface area contributed by atoms with Crippen molar-refractivity contribution in [1.29, 1.82) is 0 Å². The van der Waals surface area contributed by atoms with Crippen LogP contribution in [0.1, 0.15) is 87.5 Å². The van der Waals surface area contributed by atoms with E-state index < -0.39 is 53.0 Å². The Kier molecular flexibility index (Phi) is 15.1. The monoisotopic (exact) mass is 939 g/mol. The number of hydrogen-bond donors (Lipinski definition) is 3. The number of thiazole rings is 1. The third kappa shape index (κ3) is 11.1. The molecule has 7 rings (SSSR count). The third-order valence-electron chi connectivity index (χ3n) is 13.3. The van der Waals surface area contributed by atoms with Gasteiger partial charge in [-0.05, 0) is 68.4 Å². The number of aromatic nitrogens is 2. The van der Waals surface area contributed by atoms with E-state index in [9.17, 15) is 19.2 Å². The zero-order valence-electron chi connectivity index (χ0n) is 39.2. The number of fused-ring (bicyclic) bond motifs is 1. The number of pyridine rings is 1. The van der Waals surface area contributed by atoms with Crippen molar-refractivity contribution in [1.82, 2.24) is 30.4 Å². The van der Waals surface area contributed by atoms with Gasteiger partial charge in [0.15, 0.2) is 5.13 Å². The van der Waals surface area contributed by atoms with E-state index in [1.54, 1.807) is 12.1 Å². The molecular formula is C47H66ClN7O9S. The number of nitrogens with one attached hydrogen (secondary N) is 3. The smallest absolute Gasteiger partial charge is 0.408 e. The van der Waals surface area contributed by atoms with E-state index >= 15 is 0 Å². The van der Waals surface area contributed by atoms with Crippen LogP contribution >= 0.6 is 22.9 Å². The first kappa shape index (κ1) is 48.5. The van der Waals surface area contributed by atoms with Crippen LogP contribution in [0.2, 0.25) is 5.02 Å². The van der Waals surface area contributed by atoms with Crippen LogP contribution in [-0.4, -0.2) is 133 Å². The van der Waals surface area contributed by atoms with Crippen LogP contribution in [0, 0.1) is 23.2 Å². The highest BCUT2D eigenvalue weighted by Crippen LogP contribution is 2.47. The summed E-state index contributed by atoms with van der Waals surface area (Å²) in [5.74, 6) is 0.0874. The minimum atomic E-state index is -1.19. The Hall–Kier alpha value is -4.45. The highest BCUT2D eigenvalue weighted by atomic mass is 35.5. The molecule has 8 atom stereocenters. The van der Waals surface area contributed by atoms with Crippen LogP contribution in [0.3, 0.4) is 0 Å². The van der Waals surface area contributed by atoms with Gasteiger partial charge in [0.1, 0.15) is 58.7 Å². The van der Waals surface area contributed by atoms with Crippen LogP contribution in [0.15, 0.2) is 23.6 Å². The number of halogens is 1. The molecule has 3 aromatic rings. The zero-order valence-corrected chi connectivity index (χ0v) is 40.7. The maximum atomic E-state index is 14.9. The number of amides is 3. The van der Waals surface area contributed by atoms with Crippen LogP contribution in [0.4, 0.5) is 9.93 Å². The molecule has 356 valence electrons. The molecule has 2 aliphatic heterocycles.